The summed E-state index contributed by atoms with van der Waals surface area (Å²) in [6.07, 6.45) is 0. The van der Waals surface area contributed by atoms with Crippen LogP contribution < -0.4 is 14.9 Å². The Morgan fingerprint density at radius 2 is 1.73 bits per heavy atom. The highest BCUT2D eigenvalue weighted by atomic mass is 127. The summed E-state index contributed by atoms with van der Waals surface area (Å²) in [5.74, 6) is 1.54. The number of rotatable bonds is 3. The molecule has 0 unspecified atom stereocenters. The molecule has 4 nitrogen and oxygen atoms in total. The molecule has 0 saturated heterocycles. The van der Waals surface area contributed by atoms with Crippen LogP contribution in [-0.2, 0) is 0 Å². The Morgan fingerprint density at radius 1 is 1.00 bits per heavy atom. The van der Waals surface area contributed by atoms with Crippen molar-refractivity contribution in [3.8, 4) is 22.8 Å². The Bertz CT molecular complexity index is 882. The molecule has 112 valence electrons. The zero-order valence-corrected chi connectivity index (χ0v) is 14.2. The number of methoxy groups -OCH3 is 2. The maximum atomic E-state index is 12.4. The molecule has 0 N–H and O–H groups in total. The molecule has 3 aromatic rings. The molecule has 22 heavy (non-hydrogen) atoms. The van der Waals surface area contributed by atoms with Gasteiger partial charge in [-0.2, -0.15) is 0 Å². The van der Waals surface area contributed by atoms with E-state index in [0.29, 0.717) is 28.2 Å². The van der Waals surface area contributed by atoms with Gasteiger partial charge in [-0.25, -0.2) is 0 Å². The predicted octanol–water partition coefficient (Wildman–Crippen LogP) is 4.08. The standard InChI is InChI=1S/C17H13IO4/c1-20-12-7-15(21-2)17-13(19)9-14(22-16(17)8-12)10-3-5-11(18)6-4-10/h3-9H,1-2H3. The second kappa shape index (κ2) is 6.00. The average molecular weight is 408 g/mol. The van der Waals surface area contributed by atoms with E-state index in [1.54, 1.807) is 19.2 Å². The van der Waals surface area contributed by atoms with Gasteiger partial charge in [0.05, 0.1) is 14.2 Å². The van der Waals surface area contributed by atoms with E-state index >= 15 is 0 Å². The first-order chi connectivity index (χ1) is 10.6. The number of hydrogen-bond donors (Lipinski definition) is 0. The van der Waals surface area contributed by atoms with Gasteiger partial charge in [0.2, 0.25) is 0 Å². The van der Waals surface area contributed by atoms with Gasteiger partial charge in [0, 0.05) is 27.3 Å². The second-order valence-electron chi connectivity index (χ2n) is 4.68. The third-order valence-corrected chi connectivity index (χ3v) is 4.07. The minimum atomic E-state index is -0.144. The van der Waals surface area contributed by atoms with Crippen LogP contribution in [0.2, 0.25) is 0 Å². The zero-order valence-electron chi connectivity index (χ0n) is 12.1. The minimum absolute atomic E-state index is 0.144. The molecule has 0 atom stereocenters. The summed E-state index contributed by atoms with van der Waals surface area (Å²) in [5, 5.41) is 0.414. The van der Waals surface area contributed by atoms with Crippen molar-refractivity contribution in [2.75, 3.05) is 14.2 Å². The van der Waals surface area contributed by atoms with Crippen LogP contribution in [0, 0.1) is 3.57 Å². The van der Waals surface area contributed by atoms with E-state index in [4.69, 9.17) is 13.9 Å². The lowest BCUT2D eigenvalue weighted by atomic mass is 10.1. The van der Waals surface area contributed by atoms with E-state index in [0.717, 1.165) is 9.13 Å². The largest absolute Gasteiger partial charge is 0.496 e. The van der Waals surface area contributed by atoms with Crippen molar-refractivity contribution in [1.82, 2.24) is 0 Å². The van der Waals surface area contributed by atoms with Crippen molar-refractivity contribution < 1.29 is 13.9 Å². The Hall–Kier alpha value is -2.02. The van der Waals surface area contributed by atoms with Crippen molar-refractivity contribution in [1.29, 1.82) is 0 Å². The quantitative estimate of drug-likeness (QED) is 0.613. The number of ether oxygens (including phenoxy) is 2. The maximum absolute atomic E-state index is 12.4. The zero-order chi connectivity index (χ0) is 15.7. The minimum Gasteiger partial charge on any atom is -0.496 e. The van der Waals surface area contributed by atoms with Gasteiger partial charge in [0.15, 0.2) is 5.43 Å². The highest BCUT2D eigenvalue weighted by Gasteiger charge is 2.13. The first-order valence-corrected chi connectivity index (χ1v) is 7.66. The molecule has 5 heteroatoms. The fraction of sp³-hybridized carbons (Fsp3) is 0.118. The van der Waals surface area contributed by atoms with Gasteiger partial charge >= 0.3 is 0 Å². The molecule has 1 heterocycles. The normalized spacial score (nSPS) is 10.7. The van der Waals surface area contributed by atoms with Gasteiger partial charge in [-0.05, 0) is 34.7 Å². The Balaban J connectivity index is 2.27. The monoisotopic (exact) mass is 408 g/mol. The molecule has 0 aliphatic rings. The molecule has 0 bridgehead atoms. The van der Waals surface area contributed by atoms with Crippen LogP contribution in [0.25, 0.3) is 22.3 Å². The molecule has 0 spiro atoms. The molecule has 0 saturated carbocycles. The van der Waals surface area contributed by atoms with Crippen molar-refractivity contribution in [3.63, 3.8) is 0 Å². The molecule has 0 fully saturated rings. The van der Waals surface area contributed by atoms with Gasteiger partial charge < -0.3 is 13.9 Å². The smallest absolute Gasteiger partial charge is 0.197 e. The van der Waals surface area contributed by atoms with Crippen molar-refractivity contribution in [2.45, 2.75) is 0 Å². The Kier molecular flexibility index (Phi) is 4.06. The Labute approximate surface area is 140 Å². The SMILES string of the molecule is COc1cc(OC)c2c(=O)cc(-c3ccc(I)cc3)oc2c1. The van der Waals surface area contributed by atoms with Gasteiger partial charge in [-0.3, -0.25) is 4.79 Å². The van der Waals surface area contributed by atoms with Gasteiger partial charge in [0.25, 0.3) is 0 Å². The van der Waals surface area contributed by atoms with Crippen LogP contribution >= 0.6 is 22.6 Å². The maximum Gasteiger partial charge on any atom is 0.197 e. The summed E-state index contributed by atoms with van der Waals surface area (Å²) in [4.78, 5) is 12.4. The molecule has 1 aromatic heterocycles. The summed E-state index contributed by atoms with van der Waals surface area (Å²) >= 11 is 2.23. The van der Waals surface area contributed by atoms with E-state index in [1.807, 2.05) is 24.3 Å². The predicted molar refractivity (Wildman–Crippen MR) is 93.7 cm³/mol. The molecular weight excluding hydrogens is 395 g/mol. The van der Waals surface area contributed by atoms with E-state index in [-0.39, 0.29) is 5.43 Å². The van der Waals surface area contributed by atoms with Crippen LogP contribution in [0.1, 0.15) is 0 Å². The van der Waals surface area contributed by atoms with E-state index in [1.165, 1.54) is 13.2 Å². The average Bonchev–Trinajstić information content (AvgIpc) is 2.54. The molecule has 3 rings (SSSR count). The molecular formula is C17H13IO4. The summed E-state index contributed by atoms with van der Waals surface area (Å²) in [6, 6.07) is 12.6. The first kappa shape index (κ1) is 14.9. The summed E-state index contributed by atoms with van der Waals surface area (Å²) in [7, 11) is 3.07. The van der Waals surface area contributed by atoms with Crippen LogP contribution in [0.3, 0.4) is 0 Å². The second-order valence-corrected chi connectivity index (χ2v) is 5.93. The summed E-state index contributed by atoms with van der Waals surface area (Å²) in [5.41, 5.74) is 1.15. The molecule has 0 amide bonds. The van der Waals surface area contributed by atoms with E-state index < -0.39 is 0 Å². The lowest BCUT2D eigenvalue weighted by Crippen LogP contribution is -2.03. The highest BCUT2D eigenvalue weighted by Crippen LogP contribution is 2.31. The topological polar surface area (TPSA) is 48.7 Å². The first-order valence-electron chi connectivity index (χ1n) is 6.58. The number of hydrogen-bond acceptors (Lipinski definition) is 4. The van der Waals surface area contributed by atoms with Gasteiger partial charge in [0.1, 0.15) is 28.2 Å². The van der Waals surface area contributed by atoms with Crippen molar-refractivity contribution in [2.24, 2.45) is 0 Å². The number of benzene rings is 2. The van der Waals surface area contributed by atoms with Crippen molar-refractivity contribution in [3.05, 3.63) is 56.3 Å². The number of halogens is 1. The van der Waals surface area contributed by atoms with Crippen LogP contribution in [0.5, 0.6) is 11.5 Å². The lowest BCUT2D eigenvalue weighted by Gasteiger charge is -2.09. The van der Waals surface area contributed by atoms with Gasteiger partial charge in [-0.15, -0.1) is 0 Å². The van der Waals surface area contributed by atoms with Crippen molar-refractivity contribution >= 4 is 33.6 Å². The van der Waals surface area contributed by atoms with Crippen LogP contribution in [-0.4, -0.2) is 14.2 Å². The third-order valence-electron chi connectivity index (χ3n) is 3.35. The number of fused-ring (bicyclic) bond motifs is 1. The highest BCUT2D eigenvalue weighted by molar-refractivity contribution is 14.1. The molecule has 2 aromatic carbocycles. The van der Waals surface area contributed by atoms with Gasteiger partial charge in [-0.1, -0.05) is 12.1 Å². The van der Waals surface area contributed by atoms with E-state index in [9.17, 15) is 4.79 Å². The fourth-order valence-corrected chi connectivity index (χ4v) is 2.62. The molecule has 0 aliphatic heterocycles. The molecule has 0 aliphatic carbocycles. The molecule has 0 radical (unpaired) electrons. The summed E-state index contributed by atoms with van der Waals surface area (Å²) in [6.45, 7) is 0. The third kappa shape index (κ3) is 2.68. The van der Waals surface area contributed by atoms with Crippen LogP contribution in [0.15, 0.2) is 51.7 Å². The summed E-state index contributed by atoms with van der Waals surface area (Å²) < 4.78 is 17.5. The Morgan fingerprint density at radius 3 is 2.36 bits per heavy atom. The lowest BCUT2D eigenvalue weighted by molar-refractivity contribution is 0.396. The fourth-order valence-electron chi connectivity index (χ4n) is 2.26. The van der Waals surface area contributed by atoms with Crippen LogP contribution in [0.4, 0.5) is 0 Å². The van der Waals surface area contributed by atoms with E-state index in [2.05, 4.69) is 22.6 Å².